The summed E-state index contributed by atoms with van der Waals surface area (Å²) in [5.41, 5.74) is 0. The number of hydrogen-bond acceptors (Lipinski definition) is 5. The van der Waals surface area contributed by atoms with E-state index in [-0.39, 0.29) is 30.7 Å². The molecule has 0 aromatic rings. The van der Waals surface area contributed by atoms with E-state index in [1.807, 2.05) is 6.92 Å². The summed E-state index contributed by atoms with van der Waals surface area (Å²) >= 11 is 0. The highest BCUT2D eigenvalue weighted by molar-refractivity contribution is 7.89. The van der Waals surface area contributed by atoms with Crippen LogP contribution in [0.5, 0.6) is 0 Å². The smallest absolute Gasteiger partial charge is 0.221 e. The van der Waals surface area contributed by atoms with Gasteiger partial charge < -0.3 is 15.2 Å². The number of aliphatic hydroxyl groups excluding tert-OH is 1. The van der Waals surface area contributed by atoms with E-state index in [1.54, 1.807) is 0 Å². The van der Waals surface area contributed by atoms with E-state index in [9.17, 15) is 13.2 Å². The Kier molecular flexibility index (Phi) is 6.70. The number of sulfonamides is 1. The molecule has 0 aromatic heterocycles. The van der Waals surface area contributed by atoms with Gasteiger partial charge in [0.05, 0.1) is 31.6 Å². The molecule has 1 amide bonds. The average Bonchev–Trinajstić information content (AvgIpc) is 2.43. The van der Waals surface area contributed by atoms with E-state index in [0.29, 0.717) is 32.7 Å². The summed E-state index contributed by atoms with van der Waals surface area (Å²) in [4.78, 5) is 11.6. The zero-order chi connectivity index (χ0) is 14.3. The summed E-state index contributed by atoms with van der Waals surface area (Å²) < 4.78 is 30.4. The van der Waals surface area contributed by atoms with Crippen LogP contribution in [0.15, 0.2) is 0 Å². The topological polar surface area (TPSA) is 95.9 Å². The second kappa shape index (κ2) is 7.78. The number of carbonyl (C=O) groups is 1. The van der Waals surface area contributed by atoms with Crippen LogP contribution >= 0.6 is 0 Å². The van der Waals surface area contributed by atoms with E-state index in [4.69, 9.17) is 9.84 Å². The summed E-state index contributed by atoms with van der Waals surface area (Å²) in [5, 5.41) is 11.5. The number of nitrogens with zero attached hydrogens (tertiary/aromatic N) is 1. The maximum Gasteiger partial charge on any atom is 0.221 e. The van der Waals surface area contributed by atoms with Gasteiger partial charge in [-0.2, -0.15) is 4.31 Å². The van der Waals surface area contributed by atoms with Crippen molar-refractivity contribution in [3.63, 3.8) is 0 Å². The Morgan fingerprint density at radius 2 is 2.05 bits per heavy atom. The van der Waals surface area contributed by atoms with Crippen molar-refractivity contribution in [3.05, 3.63) is 0 Å². The van der Waals surface area contributed by atoms with Gasteiger partial charge in [0.25, 0.3) is 0 Å². The fraction of sp³-hybridized carbons (Fsp3) is 0.909. The Balaban J connectivity index is 2.39. The first-order valence-corrected chi connectivity index (χ1v) is 8.06. The summed E-state index contributed by atoms with van der Waals surface area (Å²) in [6, 6.07) is -0.307. The molecule has 1 aliphatic heterocycles. The van der Waals surface area contributed by atoms with Crippen LogP contribution in [0, 0.1) is 0 Å². The van der Waals surface area contributed by atoms with Crippen molar-refractivity contribution in [2.75, 3.05) is 38.7 Å². The Morgan fingerprint density at radius 1 is 1.42 bits per heavy atom. The number of carbonyl (C=O) groups excluding carboxylic acids is 1. The van der Waals surface area contributed by atoms with Gasteiger partial charge in [0, 0.05) is 19.5 Å². The van der Waals surface area contributed by atoms with Gasteiger partial charge in [0.15, 0.2) is 0 Å². The fourth-order valence-electron chi connectivity index (χ4n) is 1.75. The van der Waals surface area contributed by atoms with Crippen molar-refractivity contribution >= 4 is 15.9 Å². The molecule has 2 N–H and O–H groups in total. The SMILES string of the molecule is CCC(CO)NC(=O)CCS(=O)(=O)N1CCOCC1. The minimum Gasteiger partial charge on any atom is -0.394 e. The van der Waals surface area contributed by atoms with Crippen LogP contribution in [0.25, 0.3) is 0 Å². The molecule has 0 radical (unpaired) electrons. The van der Waals surface area contributed by atoms with E-state index < -0.39 is 10.0 Å². The number of nitrogens with one attached hydrogen (secondary N) is 1. The number of rotatable bonds is 7. The van der Waals surface area contributed by atoms with Crippen LogP contribution in [0.1, 0.15) is 19.8 Å². The highest BCUT2D eigenvalue weighted by Gasteiger charge is 2.25. The van der Waals surface area contributed by atoms with Crippen LogP contribution < -0.4 is 5.32 Å². The molecular formula is C11H22N2O5S. The highest BCUT2D eigenvalue weighted by atomic mass is 32.2. The Hall–Kier alpha value is -0.700. The molecule has 0 spiro atoms. The summed E-state index contributed by atoms with van der Waals surface area (Å²) in [7, 11) is -3.40. The first-order chi connectivity index (χ1) is 8.99. The molecule has 8 heteroatoms. The zero-order valence-corrected chi connectivity index (χ0v) is 12.0. The molecule has 7 nitrogen and oxygen atoms in total. The Morgan fingerprint density at radius 3 is 2.58 bits per heavy atom. The first-order valence-electron chi connectivity index (χ1n) is 6.45. The lowest BCUT2D eigenvalue weighted by atomic mass is 10.2. The standard InChI is InChI=1S/C11H22N2O5S/c1-2-10(9-14)12-11(15)3-8-19(16,17)13-4-6-18-7-5-13/h10,14H,2-9H2,1H3,(H,12,15). The molecule has 1 unspecified atom stereocenters. The minimum atomic E-state index is -3.40. The largest absolute Gasteiger partial charge is 0.394 e. The van der Waals surface area contributed by atoms with E-state index in [2.05, 4.69) is 5.32 Å². The van der Waals surface area contributed by atoms with Gasteiger partial charge in [0.1, 0.15) is 0 Å². The minimum absolute atomic E-state index is 0.0871. The van der Waals surface area contributed by atoms with E-state index in [0.717, 1.165) is 0 Å². The predicted molar refractivity (Wildman–Crippen MR) is 70.1 cm³/mol. The maximum atomic E-state index is 12.0. The lowest BCUT2D eigenvalue weighted by Crippen LogP contribution is -2.43. The number of morpholine rings is 1. The van der Waals surface area contributed by atoms with Crippen molar-refractivity contribution in [1.29, 1.82) is 0 Å². The first kappa shape index (κ1) is 16.4. The lowest BCUT2D eigenvalue weighted by molar-refractivity contribution is -0.121. The fourth-order valence-corrected chi connectivity index (χ4v) is 3.16. The van der Waals surface area contributed by atoms with Gasteiger partial charge in [-0.25, -0.2) is 8.42 Å². The maximum absolute atomic E-state index is 12.0. The number of ether oxygens (including phenoxy) is 1. The van der Waals surface area contributed by atoms with Crippen LogP contribution in [-0.4, -0.2) is 68.4 Å². The van der Waals surface area contributed by atoms with Crippen molar-refractivity contribution in [2.45, 2.75) is 25.8 Å². The second-order valence-electron chi connectivity index (χ2n) is 4.43. The third-order valence-corrected chi connectivity index (χ3v) is 4.90. The molecule has 0 saturated carbocycles. The molecule has 1 atom stereocenters. The van der Waals surface area contributed by atoms with Crippen LogP contribution in [-0.2, 0) is 19.6 Å². The van der Waals surface area contributed by atoms with Gasteiger partial charge in [-0.05, 0) is 6.42 Å². The molecule has 0 aromatic carbocycles. The third kappa shape index (κ3) is 5.43. The summed E-state index contributed by atoms with van der Waals surface area (Å²) in [6.07, 6.45) is 0.522. The Bertz CT molecular complexity index is 375. The molecule has 1 aliphatic rings. The molecule has 1 saturated heterocycles. The van der Waals surface area contributed by atoms with Gasteiger partial charge in [-0.15, -0.1) is 0 Å². The van der Waals surface area contributed by atoms with Gasteiger partial charge in [-0.3, -0.25) is 4.79 Å². The molecule has 0 aliphatic carbocycles. The number of hydrogen-bond donors (Lipinski definition) is 2. The van der Waals surface area contributed by atoms with E-state index >= 15 is 0 Å². The van der Waals surface area contributed by atoms with Crippen molar-refractivity contribution in [3.8, 4) is 0 Å². The zero-order valence-electron chi connectivity index (χ0n) is 11.2. The molecule has 1 rings (SSSR count). The molecule has 0 bridgehead atoms. The van der Waals surface area contributed by atoms with Gasteiger partial charge in [-0.1, -0.05) is 6.92 Å². The van der Waals surface area contributed by atoms with Crippen molar-refractivity contribution in [2.24, 2.45) is 0 Å². The Labute approximate surface area is 114 Å². The molecule has 1 heterocycles. The molecule has 112 valence electrons. The lowest BCUT2D eigenvalue weighted by Gasteiger charge is -2.26. The van der Waals surface area contributed by atoms with Gasteiger partial charge >= 0.3 is 0 Å². The molecular weight excluding hydrogens is 272 g/mol. The van der Waals surface area contributed by atoms with Crippen molar-refractivity contribution < 1.29 is 23.1 Å². The van der Waals surface area contributed by atoms with Gasteiger partial charge in [0.2, 0.25) is 15.9 Å². The van der Waals surface area contributed by atoms with Crippen LogP contribution in [0.2, 0.25) is 0 Å². The second-order valence-corrected chi connectivity index (χ2v) is 6.52. The predicted octanol–water partition coefficient (Wildman–Crippen LogP) is -1.07. The average molecular weight is 294 g/mol. The van der Waals surface area contributed by atoms with Crippen LogP contribution in [0.3, 0.4) is 0 Å². The van der Waals surface area contributed by atoms with E-state index in [1.165, 1.54) is 4.31 Å². The van der Waals surface area contributed by atoms with Crippen molar-refractivity contribution in [1.82, 2.24) is 9.62 Å². The normalized spacial score (nSPS) is 19.1. The number of aliphatic hydroxyl groups is 1. The molecule has 1 fully saturated rings. The number of amides is 1. The summed E-state index contributed by atoms with van der Waals surface area (Å²) in [6.45, 7) is 3.18. The third-order valence-electron chi connectivity index (χ3n) is 3.03. The summed E-state index contributed by atoms with van der Waals surface area (Å²) in [5.74, 6) is -0.557. The monoisotopic (exact) mass is 294 g/mol. The highest BCUT2D eigenvalue weighted by Crippen LogP contribution is 2.07. The van der Waals surface area contributed by atoms with Crippen LogP contribution in [0.4, 0.5) is 0 Å². The quantitative estimate of drug-likeness (QED) is 0.623. The molecule has 19 heavy (non-hydrogen) atoms.